The number of thiophene rings is 1. The smallest absolute Gasteiger partial charge is 0.0593 e. The number of hydrogen-bond donors (Lipinski definition) is 0. The lowest BCUT2D eigenvalue weighted by Crippen LogP contribution is -2.50. The summed E-state index contributed by atoms with van der Waals surface area (Å²) in [5.74, 6) is 0.987. The molecule has 0 amide bonds. The van der Waals surface area contributed by atoms with Crippen LogP contribution >= 0.6 is 11.3 Å². The van der Waals surface area contributed by atoms with Gasteiger partial charge in [-0.1, -0.05) is 0 Å². The first kappa shape index (κ1) is 15.1. The van der Waals surface area contributed by atoms with Crippen LogP contribution in [0, 0.1) is 11.3 Å². The third-order valence-electron chi connectivity index (χ3n) is 5.46. The highest BCUT2D eigenvalue weighted by Crippen LogP contribution is 2.36. The predicted molar refractivity (Wildman–Crippen MR) is 91.2 cm³/mol. The average Bonchev–Trinajstić information content (AvgIpc) is 3.22. The lowest BCUT2D eigenvalue weighted by atomic mass is 9.80. The lowest BCUT2D eigenvalue weighted by Gasteiger charge is -2.43. The zero-order valence-electron chi connectivity index (χ0n) is 13.5. The Morgan fingerprint density at radius 3 is 2.95 bits per heavy atom. The van der Waals surface area contributed by atoms with E-state index in [1.165, 1.54) is 57.4 Å². The van der Waals surface area contributed by atoms with Crippen LogP contribution in [0.2, 0.25) is 0 Å². The Morgan fingerprint density at radius 2 is 2.14 bits per heavy atom. The van der Waals surface area contributed by atoms with Gasteiger partial charge >= 0.3 is 0 Å². The molecule has 1 aromatic heterocycles. The minimum atomic E-state index is 0.375. The summed E-state index contributed by atoms with van der Waals surface area (Å²) in [5, 5.41) is 4.49. The quantitative estimate of drug-likeness (QED) is 0.848. The summed E-state index contributed by atoms with van der Waals surface area (Å²) in [6.45, 7) is 9.19. The van der Waals surface area contributed by atoms with Gasteiger partial charge in [-0.3, -0.25) is 4.90 Å². The molecule has 1 spiro atoms. The Morgan fingerprint density at radius 1 is 1.23 bits per heavy atom. The summed E-state index contributed by atoms with van der Waals surface area (Å²) < 4.78 is 6.04. The Bertz CT molecular complexity index is 473. The molecule has 3 heterocycles. The van der Waals surface area contributed by atoms with Crippen LogP contribution in [0.15, 0.2) is 16.8 Å². The fraction of sp³-hybridized carbons (Fsp3) is 0.778. The minimum Gasteiger partial charge on any atom is -0.379 e. The van der Waals surface area contributed by atoms with Crippen LogP contribution in [0.3, 0.4) is 0 Å². The van der Waals surface area contributed by atoms with Gasteiger partial charge in [0.25, 0.3) is 0 Å². The summed E-state index contributed by atoms with van der Waals surface area (Å²) in [4.78, 5) is 5.37. The van der Waals surface area contributed by atoms with Crippen LogP contribution < -0.4 is 0 Å². The second-order valence-electron chi connectivity index (χ2n) is 7.68. The van der Waals surface area contributed by atoms with Crippen molar-refractivity contribution in [2.75, 3.05) is 45.9 Å². The van der Waals surface area contributed by atoms with Crippen LogP contribution in [-0.4, -0.2) is 55.7 Å². The van der Waals surface area contributed by atoms with Crippen LogP contribution in [0.25, 0.3) is 0 Å². The van der Waals surface area contributed by atoms with E-state index in [-0.39, 0.29) is 0 Å². The van der Waals surface area contributed by atoms with E-state index < -0.39 is 0 Å². The monoisotopic (exact) mass is 320 g/mol. The van der Waals surface area contributed by atoms with E-state index in [2.05, 4.69) is 26.6 Å². The van der Waals surface area contributed by atoms with Gasteiger partial charge in [0.05, 0.1) is 13.2 Å². The van der Waals surface area contributed by atoms with Crippen molar-refractivity contribution in [3.05, 3.63) is 22.4 Å². The van der Waals surface area contributed by atoms with Crippen molar-refractivity contribution < 1.29 is 4.74 Å². The Kier molecular flexibility index (Phi) is 4.54. The standard InChI is InChI=1S/C18H28N2OS/c1-5-18(13-19(6-1)11-17-4-9-22-12-17)14-20(7-8-21-15-18)10-16-2-3-16/h4,9,12,16H,1-3,5-8,10-11,13-15H2/t18-/m1/s1. The van der Waals surface area contributed by atoms with Gasteiger partial charge < -0.3 is 9.64 Å². The molecule has 2 saturated heterocycles. The molecule has 2 aliphatic heterocycles. The predicted octanol–water partition coefficient (Wildman–Crippen LogP) is 3.07. The maximum Gasteiger partial charge on any atom is 0.0593 e. The second-order valence-corrected chi connectivity index (χ2v) is 8.46. The molecule has 1 saturated carbocycles. The van der Waals surface area contributed by atoms with Gasteiger partial charge in [-0.2, -0.15) is 11.3 Å². The molecule has 0 unspecified atom stereocenters. The molecule has 0 radical (unpaired) electrons. The van der Waals surface area contributed by atoms with Crippen LogP contribution in [-0.2, 0) is 11.3 Å². The first-order chi connectivity index (χ1) is 10.8. The highest BCUT2D eigenvalue weighted by molar-refractivity contribution is 7.07. The van der Waals surface area contributed by atoms with Gasteiger partial charge in [-0.25, -0.2) is 0 Å². The Labute approximate surface area is 138 Å². The van der Waals surface area contributed by atoms with E-state index >= 15 is 0 Å². The molecule has 4 rings (SSSR count). The molecule has 1 aliphatic carbocycles. The van der Waals surface area contributed by atoms with Crippen molar-refractivity contribution in [1.29, 1.82) is 0 Å². The van der Waals surface area contributed by atoms with E-state index in [1.54, 1.807) is 0 Å². The van der Waals surface area contributed by atoms with E-state index in [9.17, 15) is 0 Å². The molecule has 3 fully saturated rings. The number of ether oxygens (including phenoxy) is 1. The maximum absolute atomic E-state index is 6.04. The van der Waals surface area contributed by atoms with Gasteiger partial charge in [0, 0.05) is 38.1 Å². The SMILES string of the molecule is c1cc(CN2CCC[C@@]3(COCCN(CC4CC4)C3)C2)cs1. The summed E-state index contributed by atoms with van der Waals surface area (Å²) in [6.07, 6.45) is 5.57. The summed E-state index contributed by atoms with van der Waals surface area (Å²) in [6, 6.07) is 2.27. The van der Waals surface area contributed by atoms with Crippen molar-refractivity contribution in [2.45, 2.75) is 32.2 Å². The molecule has 0 N–H and O–H groups in total. The van der Waals surface area contributed by atoms with Gasteiger partial charge in [0.2, 0.25) is 0 Å². The third kappa shape index (κ3) is 3.73. The fourth-order valence-corrected chi connectivity index (χ4v) is 4.90. The summed E-state index contributed by atoms with van der Waals surface area (Å²) >= 11 is 1.81. The van der Waals surface area contributed by atoms with E-state index in [1.807, 2.05) is 11.3 Å². The molecule has 4 heteroatoms. The van der Waals surface area contributed by atoms with Crippen molar-refractivity contribution in [1.82, 2.24) is 9.80 Å². The van der Waals surface area contributed by atoms with E-state index in [0.29, 0.717) is 5.41 Å². The first-order valence-electron chi connectivity index (χ1n) is 8.85. The van der Waals surface area contributed by atoms with Gasteiger partial charge in [0.15, 0.2) is 0 Å². The van der Waals surface area contributed by atoms with Crippen molar-refractivity contribution >= 4 is 11.3 Å². The fourth-order valence-electron chi connectivity index (χ4n) is 4.24. The highest BCUT2D eigenvalue weighted by Gasteiger charge is 2.39. The van der Waals surface area contributed by atoms with Crippen molar-refractivity contribution in [3.8, 4) is 0 Å². The van der Waals surface area contributed by atoms with Crippen LogP contribution in [0.1, 0.15) is 31.2 Å². The largest absolute Gasteiger partial charge is 0.379 e. The molecule has 1 atom stereocenters. The summed E-state index contributed by atoms with van der Waals surface area (Å²) in [5.41, 5.74) is 1.85. The molecule has 3 nitrogen and oxygen atoms in total. The number of nitrogens with zero attached hydrogens (tertiary/aromatic N) is 2. The van der Waals surface area contributed by atoms with E-state index in [4.69, 9.17) is 4.74 Å². The molecule has 22 heavy (non-hydrogen) atoms. The van der Waals surface area contributed by atoms with Crippen molar-refractivity contribution in [3.63, 3.8) is 0 Å². The molecular formula is C18H28N2OS. The highest BCUT2D eigenvalue weighted by atomic mass is 32.1. The zero-order valence-corrected chi connectivity index (χ0v) is 14.3. The number of piperidine rings is 1. The third-order valence-corrected chi connectivity index (χ3v) is 6.19. The van der Waals surface area contributed by atoms with Crippen LogP contribution in [0.4, 0.5) is 0 Å². The molecule has 3 aliphatic rings. The molecule has 0 aromatic carbocycles. The van der Waals surface area contributed by atoms with Gasteiger partial charge in [-0.15, -0.1) is 0 Å². The molecular weight excluding hydrogens is 292 g/mol. The van der Waals surface area contributed by atoms with Gasteiger partial charge in [-0.05, 0) is 60.5 Å². The molecule has 122 valence electrons. The lowest BCUT2D eigenvalue weighted by molar-refractivity contribution is 0.00278. The zero-order chi connectivity index (χ0) is 14.8. The normalized spacial score (nSPS) is 31.5. The van der Waals surface area contributed by atoms with Gasteiger partial charge in [0.1, 0.15) is 0 Å². The Hall–Kier alpha value is -0.420. The number of likely N-dealkylation sites (tertiary alicyclic amines) is 1. The second kappa shape index (κ2) is 6.60. The van der Waals surface area contributed by atoms with E-state index in [0.717, 1.165) is 32.2 Å². The topological polar surface area (TPSA) is 15.7 Å². The number of hydrogen-bond acceptors (Lipinski definition) is 4. The van der Waals surface area contributed by atoms with Crippen molar-refractivity contribution in [2.24, 2.45) is 11.3 Å². The summed E-state index contributed by atoms with van der Waals surface area (Å²) in [7, 11) is 0. The number of rotatable bonds is 4. The Balaban J connectivity index is 1.41. The van der Waals surface area contributed by atoms with Crippen LogP contribution in [0.5, 0.6) is 0 Å². The average molecular weight is 321 g/mol. The minimum absolute atomic E-state index is 0.375. The maximum atomic E-state index is 6.04. The molecule has 0 bridgehead atoms. The molecule has 1 aromatic rings. The first-order valence-corrected chi connectivity index (χ1v) is 9.79.